The lowest BCUT2D eigenvalue weighted by atomic mass is 9.98. The number of carbonyl (C=O) groups excluding carboxylic acids is 4. The minimum atomic E-state index is -1.28. The van der Waals surface area contributed by atoms with Gasteiger partial charge in [-0.2, -0.15) is 0 Å². The molecule has 0 spiro atoms. The summed E-state index contributed by atoms with van der Waals surface area (Å²) >= 11 is 0. The van der Waals surface area contributed by atoms with E-state index >= 15 is 0 Å². The van der Waals surface area contributed by atoms with E-state index in [1.54, 1.807) is 20.8 Å². The fraction of sp³-hybridized carbons (Fsp3) is 0.385. The number of hydrogen-bond acceptors (Lipinski definition) is 7. The van der Waals surface area contributed by atoms with Crippen LogP contribution in [0.15, 0.2) is 48.5 Å². The van der Waals surface area contributed by atoms with Crippen molar-refractivity contribution in [3.05, 3.63) is 59.7 Å². The van der Waals surface area contributed by atoms with Gasteiger partial charge < -0.3 is 24.8 Å². The molecule has 0 fully saturated rings. The molecule has 0 unspecified atom stereocenters. The van der Waals surface area contributed by atoms with Gasteiger partial charge in [-0.05, 0) is 43.0 Å². The van der Waals surface area contributed by atoms with E-state index in [-0.39, 0.29) is 12.5 Å². The van der Waals surface area contributed by atoms with Gasteiger partial charge >= 0.3 is 18.0 Å². The molecule has 0 bridgehead atoms. The minimum Gasteiger partial charge on any atom is -0.460 e. The lowest BCUT2D eigenvalue weighted by Crippen LogP contribution is -2.49. The number of fused-ring (bicyclic) bond motifs is 3. The summed E-state index contributed by atoms with van der Waals surface area (Å²) in [5, 5.41) is 4.78. The van der Waals surface area contributed by atoms with Gasteiger partial charge in [0.25, 0.3) is 0 Å². The van der Waals surface area contributed by atoms with Gasteiger partial charge in [-0.15, -0.1) is 0 Å². The Morgan fingerprint density at radius 2 is 1.49 bits per heavy atom. The quantitative estimate of drug-likeness (QED) is 0.337. The fourth-order valence-electron chi connectivity index (χ4n) is 3.87. The van der Waals surface area contributed by atoms with Crippen molar-refractivity contribution in [1.82, 2.24) is 10.6 Å². The highest BCUT2D eigenvalue weighted by atomic mass is 16.6. The highest BCUT2D eigenvalue weighted by Crippen LogP contribution is 2.44. The number of ether oxygens (including phenoxy) is 3. The Morgan fingerprint density at radius 1 is 0.914 bits per heavy atom. The smallest absolute Gasteiger partial charge is 0.407 e. The minimum absolute atomic E-state index is 0.0497. The average molecular weight is 483 g/mol. The van der Waals surface area contributed by atoms with Crippen molar-refractivity contribution in [2.45, 2.75) is 51.7 Å². The Hall–Kier alpha value is -3.88. The Kier molecular flexibility index (Phi) is 8.11. The summed E-state index contributed by atoms with van der Waals surface area (Å²) in [4.78, 5) is 48.5. The number of nitrogens with one attached hydrogen (secondary N) is 2. The van der Waals surface area contributed by atoms with Crippen molar-refractivity contribution in [2.24, 2.45) is 0 Å². The van der Waals surface area contributed by atoms with Crippen molar-refractivity contribution in [2.75, 3.05) is 13.3 Å². The maximum atomic E-state index is 12.6. The first-order valence-electron chi connectivity index (χ1n) is 11.3. The molecule has 0 aromatic heterocycles. The Balaban J connectivity index is 1.66. The molecule has 0 saturated heterocycles. The monoisotopic (exact) mass is 482 g/mol. The number of alkyl carbamates (subject to hydrolysis) is 1. The molecule has 1 aliphatic rings. The van der Waals surface area contributed by atoms with Crippen molar-refractivity contribution in [3.8, 4) is 11.1 Å². The predicted octanol–water partition coefficient (Wildman–Crippen LogP) is 3.26. The zero-order valence-electron chi connectivity index (χ0n) is 20.3. The zero-order valence-corrected chi connectivity index (χ0v) is 20.3. The number of rotatable bonds is 8. The Morgan fingerprint density at radius 3 is 2.03 bits per heavy atom. The van der Waals surface area contributed by atoms with E-state index in [1.165, 1.54) is 6.92 Å². The van der Waals surface area contributed by atoms with Gasteiger partial charge in [-0.3, -0.25) is 14.4 Å². The number of esters is 2. The second-order valence-corrected chi connectivity index (χ2v) is 9.13. The van der Waals surface area contributed by atoms with Crippen LogP contribution in [0.2, 0.25) is 0 Å². The summed E-state index contributed by atoms with van der Waals surface area (Å²) in [6.45, 7) is 5.93. The molecular weight excluding hydrogens is 452 g/mol. The van der Waals surface area contributed by atoms with Gasteiger partial charge in [-0.25, -0.2) is 4.79 Å². The van der Waals surface area contributed by atoms with E-state index in [1.807, 2.05) is 48.5 Å². The maximum Gasteiger partial charge on any atom is 0.407 e. The van der Waals surface area contributed by atoms with E-state index < -0.39 is 48.7 Å². The normalized spacial score (nSPS) is 13.1. The molecule has 9 nitrogen and oxygen atoms in total. The first kappa shape index (κ1) is 25.7. The summed E-state index contributed by atoms with van der Waals surface area (Å²) < 4.78 is 15.4. The third-order valence-electron chi connectivity index (χ3n) is 5.26. The number of amides is 2. The molecule has 2 amide bonds. The second kappa shape index (κ2) is 11.0. The zero-order chi connectivity index (χ0) is 25.6. The summed E-state index contributed by atoms with van der Waals surface area (Å²) in [7, 11) is 0. The van der Waals surface area contributed by atoms with E-state index in [9.17, 15) is 19.2 Å². The molecule has 1 aliphatic carbocycles. The van der Waals surface area contributed by atoms with Crippen molar-refractivity contribution in [1.29, 1.82) is 0 Å². The van der Waals surface area contributed by atoms with Gasteiger partial charge in [-0.1, -0.05) is 48.5 Å². The fourth-order valence-corrected chi connectivity index (χ4v) is 3.87. The van der Waals surface area contributed by atoms with Gasteiger partial charge in [0.2, 0.25) is 5.91 Å². The van der Waals surface area contributed by atoms with Crippen LogP contribution in [0, 0.1) is 0 Å². The highest BCUT2D eigenvalue weighted by Gasteiger charge is 2.31. The maximum absolute atomic E-state index is 12.6. The van der Waals surface area contributed by atoms with E-state index in [2.05, 4.69) is 10.6 Å². The van der Waals surface area contributed by atoms with Crippen LogP contribution in [-0.2, 0) is 28.6 Å². The largest absolute Gasteiger partial charge is 0.460 e. The summed E-state index contributed by atoms with van der Waals surface area (Å²) in [5.74, 6) is -2.14. The van der Waals surface area contributed by atoms with Crippen LogP contribution in [0.1, 0.15) is 51.2 Å². The third-order valence-corrected chi connectivity index (χ3v) is 5.26. The van der Waals surface area contributed by atoms with Crippen LogP contribution in [0.25, 0.3) is 11.1 Å². The lowest BCUT2D eigenvalue weighted by Gasteiger charge is -2.23. The molecule has 3 rings (SSSR count). The Bertz CT molecular complexity index is 1060. The lowest BCUT2D eigenvalue weighted by molar-refractivity contribution is -0.156. The molecule has 35 heavy (non-hydrogen) atoms. The summed E-state index contributed by atoms with van der Waals surface area (Å²) in [6, 6.07) is 14.5. The van der Waals surface area contributed by atoms with Crippen LogP contribution in [0.4, 0.5) is 4.79 Å². The molecular formula is C26H30N2O7. The van der Waals surface area contributed by atoms with Crippen LogP contribution in [-0.4, -0.2) is 48.9 Å². The topological polar surface area (TPSA) is 120 Å². The van der Waals surface area contributed by atoms with Crippen molar-refractivity contribution in [3.63, 3.8) is 0 Å². The van der Waals surface area contributed by atoms with Crippen LogP contribution < -0.4 is 10.6 Å². The third kappa shape index (κ3) is 7.05. The number of carbonyl (C=O) groups is 4. The Labute approximate surface area is 204 Å². The van der Waals surface area contributed by atoms with E-state index in [0.29, 0.717) is 0 Å². The second-order valence-electron chi connectivity index (χ2n) is 9.13. The average Bonchev–Trinajstić information content (AvgIpc) is 3.09. The highest BCUT2D eigenvalue weighted by molar-refractivity contribution is 5.89. The molecule has 0 heterocycles. The molecule has 0 radical (unpaired) electrons. The predicted molar refractivity (Wildman–Crippen MR) is 127 cm³/mol. The first-order valence-corrected chi connectivity index (χ1v) is 11.3. The molecule has 2 aromatic carbocycles. The van der Waals surface area contributed by atoms with Gasteiger partial charge in [0, 0.05) is 12.8 Å². The van der Waals surface area contributed by atoms with Crippen LogP contribution in [0.3, 0.4) is 0 Å². The van der Waals surface area contributed by atoms with Gasteiger partial charge in [0.05, 0.1) is 6.42 Å². The molecule has 186 valence electrons. The first-order chi connectivity index (χ1) is 16.5. The van der Waals surface area contributed by atoms with Gasteiger partial charge in [0.1, 0.15) is 18.2 Å². The summed E-state index contributed by atoms with van der Waals surface area (Å²) in [6.07, 6.45) is -1.28. The number of hydrogen-bond donors (Lipinski definition) is 2. The van der Waals surface area contributed by atoms with E-state index in [0.717, 1.165) is 22.3 Å². The molecule has 9 heteroatoms. The van der Waals surface area contributed by atoms with E-state index in [4.69, 9.17) is 14.2 Å². The molecule has 0 saturated carbocycles. The SMILES string of the molecule is CC(=O)OCNC(=O)[C@H](CC(=O)OC(C)(C)C)NC(=O)OCC1c2ccccc2-c2ccccc21. The summed E-state index contributed by atoms with van der Waals surface area (Å²) in [5.41, 5.74) is 3.51. The van der Waals surface area contributed by atoms with Gasteiger partial charge in [0.15, 0.2) is 6.73 Å². The molecule has 1 atom stereocenters. The molecule has 2 N–H and O–H groups in total. The standard InChI is InChI=1S/C26H30N2O7/c1-16(29)34-15-27-24(31)22(13-23(30)35-26(2,3)4)28-25(32)33-14-21-19-11-7-5-9-17(19)18-10-6-8-12-20(18)21/h5-12,21-22H,13-15H2,1-4H3,(H,27,31)(H,28,32)/t22-/m0/s1. The molecule has 0 aliphatic heterocycles. The number of benzene rings is 2. The molecule has 2 aromatic rings. The van der Waals surface area contributed by atoms with Crippen LogP contribution in [0.5, 0.6) is 0 Å². The van der Waals surface area contributed by atoms with Crippen molar-refractivity contribution < 1.29 is 33.4 Å². The van der Waals surface area contributed by atoms with Crippen molar-refractivity contribution >= 4 is 23.9 Å². The van der Waals surface area contributed by atoms with Crippen LogP contribution >= 0.6 is 0 Å².